The average Bonchev–Trinajstić information content (AvgIpc) is 2.49. The molecule has 2 aromatic heterocycles. The Morgan fingerprint density at radius 2 is 1.86 bits per heavy atom. The minimum Gasteiger partial charge on any atom is -0.491 e. The third-order valence-corrected chi connectivity index (χ3v) is 3.43. The van der Waals surface area contributed by atoms with Crippen molar-refractivity contribution in [3.05, 3.63) is 34.9 Å². The maximum atomic E-state index is 5.99. The molecule has 0 amide bonds. The number of anilines is 1. The maximum Gasteiger partial charge on any atom is 0.256 e. The zero-order valence-electron chi connectivity index (χ0n) is 13.7. The first-order chi connectivity index (χ1) is 10.5. The highest BCUT2D eigenvalue weighted by Gasteiger charge is 2.17. The molecule has 0 aliphatic rings. The molecule has 2 heterocycles. The van der Waals surface area contributed by atoms with Crippen molar-refractivity contribution in [1.29, 1.82) is 0 Å². The Morgan fingerprint density at radius 1 is 1.14 bits per heavy atom. The highest BCUT2D eigenvalue weighted by atomic mass is 16.5. The van der Waals surface area contributed by atoms with Crippen molar-refractivity contribution in [3.63, 3.8) is 0 Å². The molecule has 0 aliphatic carbocycles. The van der Waals surface area contributed by atoms with Gasteiger partial charge in [-0.3, -0.25) is 0 Å². The van der Waals surface area contributed by atoms with E-state index < -0.39 is 0 Å². The van der Waals surface area contributed by atoms with Gasteiger partial charge in [-0.05, 0) is 24.5 Å². The monoisotopic (exact) mass is 302 g/mol. The fraction of sp³-hybridized carbons (Fsp3) is 0.438. The molecule has 2 rings (SSSR count). The largest absolute Gasteiger partial charge is 0.491 e. The molecule has 0 fully saturated rings. The van der Waals surface area contributed by atoms with Crippen LogP contribution in [0.3, 0.4) is 0 Å². The van der Waals surface area contributed by atoms with Crippen LogP contribution in [0.4, 0.5) is 5.82 Å². The lowest BCUT2D eigenvalue weighted by molar-refractivity contribution is 0.340. The van der Waals surface area contributed by atoms with Gasteiger partial charge in [0.05, 0.1) is 19.9 Å². The number of aryl methyl sites for hydroxylation is 1. The lowest BCUT2D eigenvalue weighted by Gasteiger charge is -2.16. The fourth-order valence-electron chi connectivity index (χ4n) is 2.32. The average molecular weight is 302 g/mol. The molecule has 0 atom stereocenters. The number of pyridine rings is 1. The zero-order valence-corrected chi connectivity index (χ0v) is 13.7. The van der Waals surface area contributed by atoms with Gasteiger partial charge in [-0.15, -0.1) is 0 Å². The molecule has 0 bridgehead atoms. The molecule has 0 unspecified atom stereocenters. The SMILES string of the molecule is COc1cc(Cc2cnc(C)nc2N)c(C(C)C)nc1OC. The second-order valence-corrected chi connectivity index (χ2v) is 5.40. The minimum absolute atomic E-state index is 0.252. The Balaban J connectivity index is 2.48. The Bertz CT molecular complexity index is 671. The number of nitrogen functional groups attached to an aromatic ring is 1. The summed E-state index contributed by atoms with van der Waals surface area (Å²) in [4.78, 5) is 13.0. The van der Waals surface area contributed by atoms with E-state index >= 15 is 0 Å². The van der Waals surface area contributed by atoms with E-state index in [1.165, 1.54) is 0 Å². The summed E-state index contributed by atoms with van der Waals surface area (Å²) >= 11 is 0. The van der Waals surface area contributed by atoms with Crippen LogP contribution in [0, 0.1) is 6.92 Å². The molecular formula is C16H22N4O2. The molecule has 2 N–H and O–H groups in total. The van der Waals surface area contributed by atoms with Crippen LogP contribution in [0.5, 0.6) is 11.6 Å². The van der Waals surface area contributed by atoms with E-state index in [9.17, 15) is 0 Å². The summed E-state index contributed by atoms with van der Waals surface area (Å²) in [5.74, 6) is 2.51. The highest BCUT2D eigenvalue weighted by Crippen LogP contribution is 2.32. The van der Waals surface area contributed by atoms with Gasteiger partial charge in [-0.1, -0.05) is 13.8 Å². The number of methoxy groups -OCH3 is 2. The van der Waals surface area contributed by atoms with Crippen molar-refractivity contribution in [2.24, 2.45) is 0 Å². The molecule has 22 heavy (non-hydrogen) atoms. The van der Waals surface area contributed by atoms with Gasteiger partial charge in [0.15, 0.2) is 5.75 Å². The van der Waals surface area contributed by atoms with Crippen LogP contribution >= 0.6 is 0 Å². The number of hydrogen-bond donors (Lipinski definition) is 1. The van der Waals surface area contributed by atoms with Crippen LogP contribution in [0.25, 0.3) is 0 Å². The topological polar surface area (TPSA) is 83.2 Å². The van der Waals surface area contributed by atoms with Crippen LogP contribution in [0.1, 0.15) is 42.4 Å². The van der Waals surface area contributed by atoms with E-state index in [4.69, 9.17) is 15.2 Å². The van der Waals surface area contributed by atoms with Gasteiger partial charge in [-0.2, -0.15) is 0 Å². The van der Waals surface area contributed by atoms with Gasteiger partial charge in [0, 0.05) is 18.2 Å². The van der Waals surface area contributed by atoms with Gasteiger partial charge in [0.2, 0.25) is 0 Å². The normalized spacial score (nSPS) is 10.8. The maximum absolute atomic E-state index is 5.99. The standard InChI is InChI=1S/C16H22N4O2/c1-9(2)14-11(7-13(21-4)16(20-14)22-5)6-12-8-18-10(3)19-15(12)17/h7-9H,6H2,1-5H3,(H2,17,18,19). The molecule has 0 aliphatic heterocycles. The van der Waals surface area contributed by atoms with Crippen LogP contribution in [-0.4, -0.2) is 29.2 Å². The first kappa shape index (κ1) is 16.0. The van der Waals surface area contributed by atoms with Gasteiger partial charge in [0.25, 0.3) is 5.88 Å². The predicted molar refractivity (Wildman–Crippen MR) is 85.4 cm³/mol. The fourth-order valence-corrected chi connectivity index (χ4v) is 2.32. The van der Waals surface area contributed by atoms with Crippen molar-refractivity contribution in [1.82, 2.24) is 15.0 Å². The minimum atomic E-state index is 0.252. The third kappa shape index (κ3) is 3.27. The predicted octanol–water partition coefficient (Wildman–Crippen LogP) is 2.49. The number of nitrogens with zero attached hydrogens (tertiary/aromatic N) is 3. The first-order valence-corrected chi connectivity index (χ1v) is 7.16. The number of aromatic nitrogens is 3. The molecular weight excluding hydrogens is 280 g/mol. The molecule has 6 heteroatoms. The first-order valence-electron chi connectivity index (χ1n) is 7.16. The van der Waals surface area contributed by atoms with Crippen molar-refractivity contribution < 1.29 is 9.47 Å². The second-order valence-electron chi connectivity index (χ2n) is 5.40. The summed E-state index contributed by atoms with van der Waals surface area (Å²) in [5, 5.41) is 0. The van der Waals surface area contributed by atoms with Crippen LogP contribution < -0.4 is 15.2 Å². The van der Waals surface area contributed by atoms with Crippen molar-refractivity contribution in [2.45, 2.75) is 33.1 Å². The molecule has 0 radical (unpaired) electrons. The molecule has 0 saturated carbocycles. The van der Waals surface area contributed by atoms with Crippen molar-refractivity contribution in [3.8, 4) is 11.6 Å². The van der Waals surface area contributed by atoms with E-state index in [0.29, 0.717) is 29.7 Å². The van der Waals surface area contributed by atoms with E-state index in [1.807, 2.05) is 13.0 Å². The van der Waals surface area contributed by atoms with E-state index in [1.54, 1.807) is 20.4 Å². The second kappa shape index (κ2) is 6.60. The Labute approximate surface area is 130 Å². The van der Waals surface area contributed by atoms with E-state index in [0.717, 1.165) is 16.8 Å². The molecule has 0 spiro atoms. The van der Waals surface area contributed by atoms with Gasteiger partial charge in [-0.25, -0.2) is 15.0 Å². The summed E-state index contributed by atoms with van der Waals surface area (Å²) in [6.45, 7) is 6.00. The van der Waals surface area contributed by atoms with E-state index in [-0.39, 0.29) is 5.92 Å². The quantitative estimate of drug-likeness (QED) is 0.913. The summed E-state index contributed by atoms with van der Waals surface area (Å²) in [6.07, 6.45) is 2.37. The third-order valence-electron chi connectivity index (χ3n) is 3.43. The molecule has 118 valence electrons. The number of ether oxygens (including phenoxy) is 2. The summed E-state index contributed by atoms with van der Waals surface area (Å²) < 4.78 is 10.6. The van der Waals surface area contributed by atoms with E-state index in [2.05, 4.69) is 28.8 Å². The van der Waals surface area contributed by atoms with Crippen LogP contribution in [0.2, 0.25) is 0 Å². The number of nitrogens with two attached hydrogens (primary N) is 1. The molecule has 6 nitrogen and oxygen atoms in total. The van der Waals surface area contributed by atoms with Crippen LogP contribution in [0.15, 0.2) is 12.3 Å². The summed E-state index contributed by atoms with van der Waals surface area (Å²) in [5.41, 5.74) is 8.86. The van der Waals surface area contributed by atoms with Crippen LogP contribution in [-0.2, 0) is 6.42 Å². The van der Waals surface area contributed by atoms with Crippen molar-refractivity contribution in [2.75, 3.05) is 20.0 Å². The number of hydrogen-bond acceptors (Lipinski definition) is 6. The molecule has 0 aromatic carbocycles. The number of rotatable bonds is 5. The Hall–Kier alpha value is -2.37. The smallest absolute Gasteiger partial charge is 0.256 e. The lowest BCUT2D eigenvalue weighted by Crippen LogP contribution is -2.07. The van der Waals surface area contributed by atoms with Crippen molar-refractivity contribution >= 4 is 5.82 Å². The zero-order chi connectivity index (χ0) is 16.3. The Kier molecular flexibility index (Phi) is 4.80. The summed E-state index contributed by atoms with van der Waals surface area (Å²) in [6, 6.07) is 1.94. The lowest BCUT2D eigenvalue weighted by atomic mass is 9.98. The summed E-state index contributed by atoms with van der Waals surface area (Å²) in [7, 11) is 3.18. The van der Waals surface area contributed by atoms with Gasteiger partial charge >= 0.3 is 0 Å². The highest BCUT2D eigenvalue weighted by molar-refractivity contribution is 5.46. The molecule has 0 saturated heterocycles. The Morgan fingerprint density at radius 3 is 2.41 bits per heavy atom. The van der Waals surface area contributed by atoms with Gasteiger partial charge < -0.3 is 15.2 Å². The van der Waals surface area contributed by atoms with Gasteiger partial charge in [0.1, 0.15) is 11.6 Å². The molecule has 2 aromatic rings.